The van der Waals surface area contributed by atoms with Crippen molar-refractivity contribution in [3.63, 3.8) is 0 Å². The molecule has 0 spiro atoms. The number of benzene rings is 2. The van der Waals surface area contributed by atoms with Crippen LogP contribution in [0.5, 0.6) is 0 Å². The third kappa shape index (κ3) is 4.22. The van der Waals surface area contributed by atoms with Gasteiger partial charge in [0.15, 0.2) is 0 Å². The summed E-state index contributed by atoms with van der Waals surface area (Å²) < 4.78 is 13.9. The standard InChI is InChI=1S/C23H27FN2O/c24-21-11-5-4-9-19(21)15-23(27)26-14-12-22-20(17-26)10-6-13-25(22)16-18-7-2-1-3-8-18/h1-5,7-9,11,20,22H,6,10,12-17H2/t20-,22+/m1/s1. The highest BCUT2D eigenvalue weighted by Crippen LogP contribution is 2.32. The second kappa shape index (κ2) is 8.22. The van der Waals surface area contributed by atoms with Crippen molar-refractivity contribution in [2.75, 3.05) is 19.6 Å². The molecule has 3 nitrogen and oxygen atoms in total. The van der Waals surface area contributed by atoms with Gasteiger partial charge in [0.05, 0.1) is 6.42 Å². The Labute approximate surface area is 160 Å². The van der Waals surface area contributed by atoms with Crippen LogP contribution in [0.2, 0.25) is 0 Å². The Hall–Kier alpha value is -2.20. The summed E-state index contributed by atoms with van der Waals surface area (Å²) in [6.07, 6.45) is 3.54. The average molecular weight is 366 g/mol. The highest BCUT2D eigenvalue weighted by molar-refractivity contribution is 5.79. The van der Waals surface area contributed by atoms with E-state index in [2.05, 4.69) is 35.2 Å². The zero-order chi connectivity index (χ0) is 18.6. The molecular weight excluding hydrogens is 339 g/mol. The summed E-state index contributed by atoms with van der Waals surface area (Å²) in [6.45, 7) is 3.72. The lowest BCUT2D eigenvalue weighted by Crippen LogP contribution is -2.55. The molecule has 2 heterocycles. The van der Waals surface area contributed by atoms with E-state index in [1.54, 1.807) is 18.2 Å². The van der Waals surface area contributed by atoms with Crippen molar-refractivity contribution in [3.05, 3.63) is 71.5 Å². The first-order valence-electron chi connectivity index (χ1n) is 10.00. The number of likely N-dealkylation sites (tertiary alicyclic amines) is 2. The molecule has 4 rings (SSSR count). The lowest BCUT2D eigenvalue weighted by Gasteiger charge is -2.47. The average Bonchev–Trinajstić information content (AvgIpc) is 2.70. The number of carbonyl (C=O) groups excluding carboxylic acids is 1. The van der Waals surface area contributed by atoms with Gasteiger partial charge >= 0.3 is 0 Å². The van der Waals surface area contributed by atoms with Crippen LogP contribution in [0.3, 0.4) is 0 Å². The molecule has 2 aliphatic heterocycles. The fourth-order valence-corrected chi connectivity index (χ4v) is 4.66. The van der Waals surface area contributed by atoms with Crippen LogP contribution >= 0.6 is 0 Å². The number of piperidine rings is 2. The van der Waals surface area contributed by atoms with Gasteiger partial charge in [-0.3, -0.25) is 9.69 Å². The summed E-state index contributed by atoms with van der Waals surface area (Å²) in [7, 11) is 0. The normalized spacial score (nSPS) is 23.1. The van der Waals surface area contributed by atoms with E-state index in [1.807, 2.05) is 4.90 Å². The Kier molecular flexibility index (Phi) is 5.53. The van der Waals surface area contributed by atoms with Gasteiger partial charge in [-0.25, -0.2) is 4.39 Å². The second-order valence-electron chi connectivity index (χ2n) is 7.82. The quantitative estimate of drug-likeness (QED) is 0.820. The maximum atomic E-state index is 13.9. The Morgan fingerprint density at radius 1 is 1.00 bits per heavy atom. The molecule has 0 N–H and O–H groups in total. The maximum Gasteiger partial charge on any atom is 0.227 e. The minimum absolute atomic E-state index is 0.0544. The first kappa shape index (κ1) is 18.2. The zero-order valence-electron chi connectivity index (χ0n) is 15.7. The number of amides is 1. The summed E-state index contributed by atoms with van der Waals surface area (Å²) >= 11 is 0. The van der Waals surface area contributed by atoms with E-state index < -0.39 is 0 Å². The van der Waals surface area contributed by atoms with E-state index in [0.717, 1.165) is 32.6 Å². The van der Waals surface area contributed by atoms with Crippen LogP contribution < -0.4 is 0 Å². The molecule has 0 unspecified atom stereocenters. The number of nitrogens with zero attached hydrogens (tertiary/aromatic N) is 2. The minimum Gasteiger partial charge on any atom is -0.342 e. The van der Waals surface area contributed by atoms with Gasteiger partial charge in [-0.15, -0.1) is 0 Å². The van der Waals surface area contributed by atoms with Crippen molar-refractivity contribution in [2.24, 2.45) is 5.92 Å². The minimum atomic E-state index is -0.285. The SMILES string of the molecule is O=C(Cc1ccccc1F)N1CC[C@H]2[C@H](CCCN2Cc2ccccc2)C1. The molecule has 142 valence electrons. The van der Waals surface area contributed by atoms with E-state index in [4.69, 9.17) is 0 Å². The van der Waals surface area contributed by atoms with Gasteiger partial charge < -0.3 is 4.90 Å². The van der Waals surface area contributed by atoms with Crippen molar-refractivity contribution in [2.45, 2.75) is 38.3 Å². The summed E-state index contributed by atoms with van der Waals surface area (Å²) in [5.74, 6) is 0.298. The van der Waals surface area contributed by atoms with Crippen LogP contribution in [0.25, 0.3) is 0 Å². The zero-order valence-corrected chi connectivity index (χ0v) is 15.7. The molecule has 0 radical (unpaired) electrons. The summed E-state index contributed by atoms with van der Waals surface area (Å²) in [4.78, 5) is 17.3. The van der Waals surface area contributed by atoms with Crippen molar-refractivity contribution in [3.8, 4) is 0 Å². The number of hydrogen-bond acceptors (Lipinski definition) is 2. The van der Waals surface area contributed by atoms with E-state index in [1.165, 1.54) is 24.5 Å². The van der Waals surface area contributed by atoms with Gasteiger partial charge in [0.1, 0.15) is 5.82 Å². The van der Waals surface area contributed by atoms with Crippen LogP contribution in [0.4, 0.5) is 4.39 Å². The Bertz CT molecular complexity index is 779. The highest BCUT2D eigenvalue weighted by atomic mass is 19.1. The van der Waals surface area contributed by atoms with Gasteiger partial charge in [0.25, 0.3) is 0 Å². The molecule has 2 atom stereocenters. The van der Waals surface area contributed by atoms with Gasteiger partial charge in [0.2, 0.25) is 5.91 Å². The molecule has 2 saturated heterocycles. The molecule has 2 aromatic carbocycles. The van der Waals surface area contributed by atoms with E-state index in [0.29, 0.717) is 17.5 Å². The molecule has 2 aliphatic rings. The van der Waals surface area contributed by atoms with Crippen LogP contribution in [0.15, 0.2) is 54.6 Å². The molecule has 2 fully saturated rings. The molecule has 1 amide bonds. The third-order valence-corrected chi connectivity index (χ3v) is 6.06. The smallest absolute Gasteiger partial charge is 0.227 e. The monoisotopic (exact) mass is 366 g/mol. The van der Waals surface area contributed by atoms with Crippen molar-refractivity contribution < 1.29 is 9.18 Å². The number of hydrogen-bond donors (Lipinski definition) is 0. The molecular formula is C23H27FN2O. The number of carbonyl (C=O) groups is 1. The van der Waals surface area contributed by atoms with Crippen molar-refractivity contribution >= 4 is 5.91 Å². The van der Waals surface area contributed by atoms with Crippen LogP contribution in [0.1, 0.15) is 30.4 Å². The summed E-state index contributed by atoms with van der Waals surface area (Å²) in [6, 6.07) is 17.8. The van der Waals surface area contributed by atoms with E-state index in [9.17, 15) is 9.18 Å². The number of halogens is 1. The van der Waals surface area contributed by atoms with Crippen molar-refractivity contribution in [1.82, 2.24) is 9.80 Å². The molecule has 0 aromatic heterocycles. The first-order valence-corrected chi connectivity index (χ1v) is 10.00. The molecule has 0 aliphatic carbocycles. The molecule has 0 saturated carbocycles. The lowest BCUT2D eigenvalue weighted by molar-refractivity contribution is -0.134. The largest absolute Gasteiger partial charge is 0.342 e. The van der Waals surface area contributed by atoms with Gasteiger partial charge in [0, 0.05) is 25.7 Å². The molecule has 27 heavy (non-hydrogen) atoms. The van der Waals surface area contributed by atoms with E-state index >= 15 is 0 Å². The highest BCUT2D eigenvalue weighted by Gasteiger charge is 2.37. The number of rotatable bonds is 4. The van der Waals surface area contributed by atoms with Crippen LogP contribution in [0, 0.1) is 11.7 Å². The van der Waals surface area contributed by atoms with Crippen LogP contribution in [-0.2, 0) is 17.8 Å². The Balaban J connectivity index is 1.38. The Morgan fingerprint density at radius 3 is 2.59 bits per heavy atom. The molecule has 2 aromatic rings. The van der Waals surface area contributed by atoms with Gasteiger partial charge in [-0.05, 0) is 48.9 Å². The summed E-state index contributed by atoms with van der Waals surface area (Å²) in [5, 5.41) is 0. The molecule has 0 bridgehead atoms. The van der Waals surface area contributed by atoms with Gasteiger partial charge in [-0.1, -0.05) is 48.5 Å². The Morgan fingerprint density at radius 2 is 1.78 bits per heavy atom. The fourth-order valence-electron chi connectivity index (χ4n) is 4.66. The predicted octanol–water partition coefficient (Wildman–Crippen LogP) is 3.88. The lowest BCUT2D eigenvalue weighted by atomic mass is 9.83. The van der Waals surface area contributed by atoms with Crippen LogP contribution in [-0.4, -0.2) is 41.4 Å². The summed E-state index contributed by atoms with van der Waals surface area (Å²) in [5.41, 5.74) is 1.86. The van der Waals surface area contributed by atoms with Gasteiger partial charge in [-0.2, -0.15) is 0 Å². The topological polar surface area (TPSA) is 23.6 Å². The van der Waals surface area contributed by atoms with E-state index in [-0.39, 0.29) is 18.1 Å². The molecule has 4 heteroatoms. The predicted molar refractivity (Wildman–Crippen MR) is 105 cm³/mol. The maximum absolute atomic E-state index is 13.9. The number of fused-ring (bicyclic) bond motifs is 1. The van der Waals surface area contributed by atoms with Crippen molar-refractivity contribution in [1.29, 1.82) is 0 Å². The third-order valence-electron chi connectivity index (χ3n) is 6.06. The first-order chi connectivity index (χ1) is 13.2. The second-order valence-corrected chi connectivity index (χ2v) is 7.82. The fraction of sp³-hybridized carbons (Fsp3) is 0.435.